The van der Waals surface area contributed by atoms with Gasteiger partial charge in [-0.2, -0.15) is 0 Å². The lowest BCUT2D eigenvalue weighted by Crippen LogP contribution is -2.15. The molecule has 0 aliphatic rings. The monoisotopic (exact) mass is 267 g/mol. The third-order valence-electron chi connectivity index (χ3n) is 2.81. The topological polar surface area (TPSA) is 12.0 Å². The molecule has 92 valence electrons. The van der Waals surface area contributed by atoms with Crippen molar-refractivity contribution in [2.75, 3.05) is 7.05 Å². The second-order valence-corrected chi connectivity index (χ2v) is 6.89. The maximum Gasteiger partial charge on any atom is 0.0413 e. The highest BCUT2D eigenvalue weighted by molar-refractivity contribution is 7.19. The molecule has 0 fully saturated rings. The van der Waals surface area contributed by atoms with Crippen LogP contribution in [0.2, 0.25) is 5.02 Å². The van der Waals surface area contributed by atoms with Crippen molar-refractivity contribution >= 4 is 33.0 Å². The Kier molecular flexibility index (Phi) is 3.48. The van der Waals surface area contributed by atoms with Crippen molar-refractivity contribution in [3.8, 4) is 0 Å². The molecule has 1 nitrogen and oxygen atoms in total. The number of hydrogen-bond acceptors (Lipinski definition) is 2. The molecule has 2 rings (SSSR count). The van der Waals surface area contributed by atoms with E-state index < -0.39 is 0 Å². The Bertz CT molecular complexity index is 537. The Morgan fingerprint density at radius 2 is 2.00 bits per heavy atom. The zero-order valence-electron chi connectivity index (χ0n) is 10.7. The van der Waals surface area contributed by atoms with Crippen LogP contribution in [0.25, 0.3) is 10.1 Å². The molecule has 0 amide bonds. The molecule has 0 bridgehead atoms. The highest BCUT2D eigenvalue weighted by Gasteiger charge is 2.23. The molecule has 0 saturated heterocycles. The van der Waals surface area contributed by atoms with Gasteiger partial charge in [-0.05, 0) is 41.6 Å². The third kappa shape index (κ3) is 2.49. The highest BCUT2D eigenvalue weighted by atomic mass is 35.5. The summed E-state index contributed by atoms with van der Waals surface area (Å²) in [5, 5.41) is 5.37. The maximum atomic E-state index is 6.12. The van der Waals surface area contributed by atoms with Gasteiger partial charge < -0.3 is 5.32 Å². The van der Waals surface area contributed by atoms with Crippen LogP contribution in [0.3, 0.4) is 0 Å². The fraction of sp³-hybridized carbons (Fsp3) is 0.429. The molecule has 17 heavy (non-hydrogen) atoms. The van der Waals surface area contributed by atoms with Crippen LogP contribution in [0.5, 0.6) is 0 Å². The Morgan fingerprint density at radius 1 is 1.29 bits per heavy atom. The normalized spacial score (nSPS) is 12.3. The Balaban J connectivity index is 2.73. The van der Waals surface area contributed by atoms with Crippen LogP contribution >= 0.6 is 22.9 Å². The Hall–Kier alpha value is -0.570. The smallest absolute Gasteiger partial charge is 0.0413 e. The number of hydrogen-bond donors (Lipinski definition) is 1. The van der Waals surface area contributed by atoms with Gasteiger partial charge in [0.25, 0.3) is 0 Å². The van der Waals surface area contributed by atoms with E-state index in [2.05, 4.69) is 38.2 Å². The summed E-state index contributed by atoms with van der Waals surface area (Å²) in [6, 6.07) is 6.18. The molecule has 2 aromatic rings. The van der Waals surface area contributed by atoms with E-state index in [1.54, 1.807) is 0 Å². The fourth-order valence-electron chi connectivity index (χ4n) is 2.23. The minimum absolute atomic E-state index is 0.148. The predicted octanol–water partition coefficient (Wildman–Crippen LogP) is 4.57. The molecule has 1 N–H and O–H groups in total. The molecule has 0 radical (unpaired) electrons. The van der Waals surface area contributed by atoms with Crippen molar-refractivity contribution in [3.63, 3.8) is 0 Å². The van der Waals surface area contributed by atoms with E-state index >= 15 is 0 Å². The molecule has 1 aromatic heterocycles. The first-order valence-electron chi connectivity index (χ1n) is 5.79. The number of halogens is 1. The van der Waals surface area contributed by atoms with Gasteiger partial charge in [0.05, 0.1) is 0 Å². The van der Waals surface area contributed by atoms with Crippen LogP contribution in [0.4, 0.5) is 0 Å². The number of rotatable bonds is 2. The first-order valence-corrected chi connectivity index (χ1v) is 6.99. The zero-order valence-corrected chi connectivity index (χ0v) is 12.3. The summed E-state index contributed by atoms with van der Waals surface area (Å²) in [5.74, 6) is 0. The first kappa shape index (κ1) is 12.9. The molecular weight excluding hydrogens is 250 g/mol. The third-order valence-corrected chi connectivity index (χ3v) is 4.22. The van der Waals surface area contributed by atoms with Crippen LogP contribution in [-0.4, -0.2) is 7.05 Å². The van der Waals surface area contributed by atoms with Crippen LogP contribution in [-0.2, 0) is 12.0 Å². The summed E-state index contributed by atoms with van der Waals surface area (Å²) in [6.07, 6.45) is 0. The van der Waals surface area contributed by atoms with Crippen LogP contribution in [0, 0.1) is 0 Å². The average Bonchev–Trinajstić information content (AvgIpc) is 2.54. The first-order chi connectivity index (χ1) is 7.93. The molecule has 3 heteroatoms. The summed E-state index contributed by atoms with van der Waals surface area (Å²) in [6.45, 7) is 7.70. The molecule has 0 aliphatic carbocycles. The Morgan fingerprint density at radius 3 is 2.59 bits per heavy atom. The second-order valence-electron chi connectivity index (χ2n) is 5.32. The van der Waals surface area contributed by atoms with E-state index in [0.29, 0.717) is 0 Å². The molecule has 1 aromatic carbocycles. The predicted molar refractivity (Wildman–Crippen MR) is 78.3 cm³/mol. The van der Waals surface area contributed by atoms with Crippen molar-refractivity contribution in [1.29, 1.82) is 0 Å². The van der Waals surface area contributed by atoms with Gasteiger partial charge in [-0.25, -0.2) is 0 Å². The van der Waals surface area contributed by atoms with E-state index in [9.17, 15) is 0 Å². The van der Waals surface area contributed by atoms with E-state index in [-0.39, 0.29) is 5.41 Å². The molecule has 0 spiro atoms. The van der Waals surface area contributed by atoms with E-state index in [1.807, 2.05) is 24.5 Å². The van der Waals surface area contributed by atoms with Gasteiger partial charge in [0.15, 0.2) is 0 Å². The van der Waals surface area contributed by atoms with Gasteiger partial charge in [0.2, 0.25) is 0 Å². The minimum atomic E-state index is 0.148. The average molecular weight is 268 g/mol. The van der Waals surface area contributed by atoms with Crippen LogP contribution < -0.4 is 5.32 Å². The summed E-state index contributed by atoms with van der Waals surface area (Å²) in [5.41, 5.74) is 1.57. The van der Waals surface area contributed by atoms with Crippen LogP contribution in [0.15, 0.2) is 18.2 Å². The van der Waals surface area contributed by atoms with Gasteiger partial charge in [-0.15, -0.1) is 11.3 Å². The molecular formula is C14H18ClNS. The van der Waals surface area contributed by atoms with E-state index in [1.165, 1.54) is 20.5 Å². The van der Waals surface area contributed by atoms with Gasteiger partial charge >= 0.3 is 0 Å². The lowest BCUT2D eigenvalue weighted by molar-refractivity contribution is 0.588. The number of fused-ring (bicyclic) bond motifs is 1. The quantitative estimate of drug-likeness (QED) is 0.840. The summed E-state index contributed by atoms with van der Waals surface area (Å²) in [4.78, 5) is 1.41. The van der Waals surface area contributed by atoms with Gasteiger partial charge in [0, 0.05) is 21.1 Å². The minimum Gasteiger partial charge on any atom is -0.315 e. The lowest BCUT2D eigenvalue weighted by atomic mass is 9.85. The van der Waals surface area contributed by atoms with Crippen molar-refractivity contribution < 1.29 is 0 Å². The van der Waals surface area contributed by atoms with E-state index in [4.69, 9.17) is 11.6 Å². The molecule has 0 aliphatic heterocycles. The summed E-state index contributed by atoms with van der Waals surface area (Å²) >= 11 is 7.98. The molecule has 1 heterocycles. The number of benzene rings is 1. The fourth-order valence-corrected chi connectivity index (χ4v) is 3.81. The van der Waals surface area contributed by atoms with Gasteiger partial charge in [-0.1, -0.05) is 32.4 Å². The molecule has 0 unspecified atom stereocenters. The van der Waals surface area contributed by atoms with E-state index in [0.717, 1.165) is 11.6 Å². The van der Waals surface area contributed by atoms with Gasteiger partial charge in [-0.3, -0.25) is 0 Å². The highest BCUT2D eigenvalue weighted by Crippen LogP contribution is 2.40. The lowest BCUT2D eigenvalue weighted by Gasteiger charge is -2.20. The van der Waals surface area contributed by atoms with Crippen molar-refractivity contribution in [2.45, 2.75) is 32.7 Å². The molecule has 0 atom stereocenters. The van der Waals surface area contributed by atoms with Crippen molar-refractivity contribution in [1.82, 2.24) is 5.32 Å². The standard InChI is InChI=1S/C14H18ClNS/c1-14(2,3)13-10-7-9(15)5-6-11(10)17-12(13)8-16-4/h5-7,16H,8H2,1-4H3. The zero-order chi connectivity index (χ0) is 12.6. The van der Waals surface area contributed by atoms with Gasteiger partial charge in [0.1, 0.15) is 0 Å². The van der Waals surface area contributed by atoms with Crippen molar-refractivity contribution in [2.24, 2.45) is 0 Å². The summed E-state index contributed by atoms with van der Waals surface area (Å²) in [7, 11) is 1.99. The van der Waals surface area contributed by atoms with Crippen LogP contribution in [0.1, 0.15) is 31.2 Å². The molecule has 0 saturated carbocycles. The SMILES string of the molecule is CNCc1sc2ccc(Cl)cc2c1C(C)(C)C. The van der Waals surface area contributed by atoms with Crippen molar-refractivity contribution in [3.05, 3.63) is 33.7 Å². The maximum absolute atomic E-state index is 6.12. The second kappa shape index (κ2) is 4.60. The summed E-state index contributed by atoms with van der Waals surface area (Å²) < 4.78 is 1.32. The number of thiophene rings is 1. The Labute approximate surface area is 112 Å². The largest absolute Gasteiger partial charge is 0.315 e. The number of nitrogens with one attached hydrogen (secondary N) is 1.